The van der Waals surface area contributed by atoms with Crippen LogP contribution >= 0.6 is 23.2 Å². The van der Waals surface area contributed by atoms with Crippen molar-refractivity contribution in [2.24, 2.45) is 5.73 Å². The maximum atomic E-state index is 6.44. The second kappa shape index (κ2) is 6.42. The molecule has 0 aliphatic carbocycles. The summed E-state index contributed by atoms with van der Waals surface area (Å²) < 4.78 is 11.4. The highest BCUT2D eigenvalue weighted by Crippen LogP contribution is 2.40. The minimum Gasteiger partial charge on any atom is -0.381 e. The summed E-state index contributed by atoms with van der Waals surface area (Å²) in [4.78, 5) is 0. The number of hydrogen-bond acceptors (Lipinski definition) is 3. The minimum atomic E-state index is -0.415. The van der Waals surface area contributed by atoms with Gasteiger partial charge in [-0.05, 0) is 18.6 Å². The second-order valence-corrected chi connectivity index (χ2v) is 5.52. The quantitative estimate of drug-likeness (QED) is 0.924. The standard InChI is InChI=1S/C14H19Cl2NO2/c1-2-19-14(6-8-18-9-7-14)13(17)10-4-3-5-11(15)12(10)16/h3-5,13H,2,6-9,17H2,1H3. The van der Waals surface area contributed by atoms with Crippen molar-refractivity contribution < 1.29 is 9.47 Å². The summed E-state index contributed by atoms with van der Waals surface area (Å²) in [6.07, 6.45) is 1.54. The van der Waals surface area contributed by atoms with E-state index in [0.29, 0.717) is 29.9 Å². The van der Waals surface area contributed by atoms with Gasteiger partial charge in [0.15, 0.2) is 0 Å². The Morgan fingerprint density at radius 2 is 2.05 bits per heavy atom. The van der Waals surface area contributed by atoms with Crippen LogP contribution in [0.15, 0.2) is 18.2 Å². The number of rotatable bonds is 4. The molecule has 5 heteroatoms. The number of hydrogen-bond donors (Lipinski definition) is 1. The number of ether oxygens (including phenoxy) is 2. The van der Waals surface area contributed by atoms with Crippen LogP contribution in [0.25, 0.3) is 0 Å². The van der Waals surface area contributed by atoms with E-state index in [0.717, 1.165) is 18.4 Å². The maximum Gasteiger partial charge on any atom is 0.0918 e. The van der Waals surface area contributed by atoms with E-state index in [9.17, 15) is 0 Å². The van der Waals surface area contributed by atoms with Gasteiger partial charge >= 0.3 is 0 Å². The lowest BCUT2D eigenvalue weighted by Crippen LogP contribution is -2.48. The largest absolute Gasteiger partial charge is 0.381 e. The van der Waals surface area contributed by atoms with Crippen LogP contribution in [0.1, 0.15) is 31.4 Å². The number of nitrogens with two attached hydrogens (primary N) is 1. The predicted molar refractivity (Wildman–Crippen MR) is 77.8 cm³/mol. The van der Waals surface area contributed by atoms with E-state index < -0.39 is 5.60 Å². The van der Waals surface area contributed by atoms with Crippen LogP contribution in [0.2, 0.25) is 10.0 Å². The fourth-order valence-corrected chi connectivity index (χ4v) is 3.02. The Morgan fingerprint density at radius 3 is 2.68 bits per heavy atom. The normalized spacial score (nSPS) is 20.2. The lowest BCUT2D eigenvalue weighted by molar-refractivity contribution is -0.121. The predicted octanol–water partition coefficient (Wildman–Crippen LogP) is 3.58. The van der Waals surface area contributed by atoms with Gasteiger partial charge in [0.25, 0.3) is 0 Å². The Morgan fingerprint density at radius 1 is 1.37 bits per heavy atom. The topological polar surface area (TPSA) is 44.5 Å². The van der Waals surface area contributed by atoms with Crippen LogP contribution in [0.3, 0.4) is 0 Å². The molecule has 0 amide bonds. The molecule has 1 fully saturated rings. The molecule has 1 aromatic rings. The molecule has 0 bridgehead atoms. The molecule has 2 N–H and O–H groups in total. The molecule has 106 valence electrons. The van der Waals surface area contributed by atoms with Crippen molar-refractivity contribution in [3.8, 4) is 0 Å². The van der Waals surface area contributed by atoms with Crippen LogP contribution in [-0.2, 0) is 9.47 Å². The summed E-state index contributed by atoms with van der Waals surface area (Å²) in [5.74, 6) is 0. The maximum absolute atomic E-state index is 6.44. The minimum absolute atomic E-state index is 0.303. The van der Waals surface area contributed by atoms with E-state index in [4.69, 9.17) is 38.4 Å². The van der Waals surface area contributed by atoms with Gasteiger partial charge in [0.2, 0.25) is 0 Å². The molecular weight excluding hydrogens is 285 g/mol. The van der Waals surface area contributed by atoms with E-state index in [1.807, 2.05) is 19.1 Å². The van der Waals surface area contributed by atoms with Gasteiger partial charge in [-0.3, -0.25) is 0 Å². The average Bonchev–Trinajstić information content (AvgIpc) is 2.42. The first-order valence-corrected chi connectivity index (χ1v) is 7.27. The van der Waals surface area contributed by atoms with Crippen molar-refractivity contribution in [2.75, 3.05) is 19.8 Å². The van der Waals surface area contributed by atoms with E-state index in [1.165, 1.54) is 0 Å². The molecular formula is C14H19Cl2NO2. The van der Waals surface area contributed by atoms with Gasteiger partial charge in [0, 0.05) is 32.7 Å². The first kappa shape index (κ1) is 15.1. The third-order valence-corrected chi connectivity index (χ3v) is 4.49. The molecule has 1 aliphatic rings. The molecule has 1 unspecified atom stereocenters. The first-order chi connectivity index (χ1) is 9.10. The van der Waals surface area contributed by atoms with Crippen LogP contribution in [0, 0.1) is 0 Å². The van der Waals surface area contributed by atoms with Crippen LogP contribution in [0.5, 0.6) is 0 Å². The summed E-state index contributed by atoms with van der Waals surface area (Å²) in [7, 11) is 0. The van der Waals surface area contributed by atoms with Gasteiger partial charge in [0.1, 0.15) is 0 Å². The monoisotopic (exact) mass is 303 g/mol. The third-order valence-electron chi connectivity index (χ3n) is 3.65. The molecule has 1 aromatic carbocycles. The molecule has 0 radical (unpaired) electrons. The van der Waals surface area contributed by atoms with Crippen molar-refractivity contribution >= 4 is 23.2 Å². The lowest BCUT2D eigenvalue weighted by atomic mass is 9.82. The molecule has 0 saturated carbocycles. The molecule has 1 aliphatic heterocycles. The molecule has 1 heterocycles. The van der Waals surface area contributed by atoms with Crippen molar-refractivity contribution in [1.29, 1.82) is 0 Å². The van der Waals surface area contributed by atoms with Gasteiger partial charge in [-0.2, -0.15) is 0 Å². The Kier molecular flexibility index (Phi) is 5.09. The Labute approximate surface area is 124 Å². The summed E-state index contributed by atoms with van der Waals surface area (Å²) in [5.41, 5.74) is 6.86. The number of benzene rings is 1. The van der Waals surface area contributed by atoms with Gasteiger partial charge in [0.05, 0.1) is 21.7 Å². The fraction of sp³-hybridized carbons (Fsp3) is 0.571. The smallest absolute Gasteiger partial charge is 0.0918 e. The molecule has 0 spiro atoms. The average molecular weight is 304 g/mol. The van der Waals surface area contributed by atoms with E-state index in [1.54, 1.807) is 6.07 Å². The van der Waals surface area contributed by atoms with Crippen molar-refractivity contribution in [3.63, 3.8) is 0 Å². The van der Waals surface area contributed by atoms with Crippen LogP contribution in [0.4, 0.5) is 0 Å². The SMILES string of the molecule is CCOC1(C(N)c2cccc(Cl)c2Cl)CCOCC1. The Balaban J connectivity index is 2.33. The van der Waals surface area contributed by atoms with Crippen molar-refractivity contribution in [1.82, 2.24) is 0 Å². The summed E-state index contributed by atoms with van der Waals surface area (Å²) >= 11 is 12.3. The highest BCUT2D eigenvalue weighted by molar-refractivity contribution is 6.42. The summed E-state index contributed by atoms with van der Waals surface area (Å²) in [5, 5.41) is 1.04. The lowest BCUT2D eigenvalue weighted by Gasteiger charge is -2.41. The number of halogens is 2. The van der Waals surface area contributed by atoms with E-state index in [-0.39, 0.29) is 6.04 Å². The zero-order valence-electron chi connectivity index (χ0n) is 11.0. The van der Waals surface area contributed by atoms with Gasteiger partial charge < -0.3 is 15.2 Å². The van der Waals surface area contributed by atoms with Crippen molar-refractivity contribution in [3.05, 3.63) is 33.8 Å². The van der Waals surface area contributed by atoms with E-state index in [2.05, 4.69) is 0 Å². The Bertz CT molecular complexity index is 428. The molecule has 3 nitrogen and oxygen atoms in total. The zero-order valence-corrected chi connectivity index (χ0v) is 12.5. The summed E-state index contributed by atoms with van der Waals surface area (Å²) in [6, 6.07) is 5.23. The highest BCUT2D eigenvalue weighted by atomic mass is 35.5. The zero-order chi connectivity index (χ0) is 13.9. The highest BCUT2D eigenvalue weighted by Gasteiger charge is 2.41. The van der Waals surface area contributed by atoms with Gasteiger partial charge in [-0.25, -0.2) is 0 Å². The molecule has 2 rings (SSSR count). The second-order valence-electron chi connectivity index (χ2n) is 4.73. The van der Waals surface area contributed by atoms with Crippen LogP contribution in [-0.4, -0.2) is 25.4 Å². The Hall–Kier alpha value is -0.320. The van der Waals surface area contributed by atoms with Crippen LogP contribution < -0.4 is 5.73 Å². The molecule has 1 atom stereocenters. The van der Waals surface area contributed by atoms with Gasteiger partial charge in [-0.15, -0.1) is 0 Å². The first-order valence-electron chi connectivity index (χ1n) is 6.52. The van der Waals surface area contributed by atoms with E-state index >= 15 is 0 Å². The molecule has 0 aromatic heterocycles. The molecule has 1 saturated heterocycles. The fourth-order valence-electron chi connectivity index (χ4n) is 2.59. The summed E-state index contributed by atoms with van der Waals surface area (Å²) in [6.45, 7) is 3.91. The van der Waals surface area contributed by atoms with Crippen molar-refractivity contribution in [2.45, 2.75) is 31.4 Å². The van der Waals surface area contributed by atoms with Gasteiger partial charge in [-0.1, -0.05) is 35.3 Å². The third kappa shape index (κ3) is 3.06. The molecule has 19 heavy (non-hydrogen) atoms.